The highest BCUT2D eigenvalue weighted by Gasteiger charge is 2.22. The molecule has 146 valence electrons. The standard InChI is InChI=1S/C19H20N4OS4/c1-12(23-16(21-22-19(23)25)15-7-3-8-26-15)17(24)20-14-6-2-5-13(11-14)18-27-9-4-10-28-18/h2-3,5-8,11-12,18H,4,9-10H2,1H3,(H,20,24)(H,22,25). The Hall–Kier alpha value is -1.55. The van der Waals surface area contributed by atoms with E-state index >= 15 is 0 Å². The van der Waals surface area contributed by atoms with E-state index < -0.39 is 6.04 Å². The van der Waals surface area contributed by atoms with Crippen LogP contribution in [0.4, 0.5) is 5.69 Å². The number of carbonyl (C=O) groups excluding carboxylic acids is 1. The molecule has 5 nitrogen and oxygen atoms in total. The van der Waals surface area contributed by atoms with Crippen molar-refractivity contribution in [3.63, 3.8) is 0 Å². The Morgan fingerprint density at radius 3 is 2.89 bits per heavy atom. The van der Waals surface area contributed by atoms with Crippen LogP contribution in [0.2, 0.25) is 0 Å². The normalized spacial score (nSPS) is 16.0. The number of aromatic nitrogens is 3. The zero-order valence-electron chi connectivity index (χ0n) is 15.3. The van der Waals surface area contributed by atoms with E-state index in [1.54, 1.807) is 15.9 Å². The Balaban J connectivity index is 1.53. The lowest BCUT2D eigenvalue weighted by Crippen LogP contribution is -2.24. The Kier molecular flexibility index (Phi) is 6.25. The van der Waals surface area contributed by atoms with Gasteiger partial charge >= 0.3 is 0 Å². The molecule has 1 aromatic carbocycles. The number of amides is 1. The first-order valence-corrected chi connectivity index (χ1v) is 12.4. The van der Waals surface area contributed by atoms with Gasteiger partial charge in [-0.15, -0.1) is 34.9 Å². The molecular weight excluding hydrogens is 429 g/mol. The van der Waals surface area contributed by atoms with Crippen molar-refractivity contribution in [3.05, 3.63) is 52.1 Å². The van der Waals surface area contributed by atoms with Crippen LogP contribution in [0.5, 0.6) is 0 Å². The maximum atomic E-state index is 12.9. The number of rotatable bonds is 5. The fourth-order valence-electron chi connectivity index (χ4n) is 3.05. The lowest BCUT2D eigenvalue weighted by molar-refractivity contribution is -0.118. The molecule has 9 heteroatoms. The summed E-state index contributed by atoms with van der Waals surface area (Å²) >= 11 is 10.9. The summed E-state index contributed by atoms with van der Waals surface area (Å²) in [6, 6.07) is 11.6. The van der Waals surface area contributed by atoms with E-state index in [-0.39, 0.29) is 5.91 Å². The van der Waals surface area contributed by atoms with Gasteiger partial charge < -0.3 is 5.32 Å². The molecule has 0 aliphatic carbocycles. The van der Waals surface area contributed by atoms with Crippen molar-refractivity contribution in [2.75, 3.05) is 16.8 Å². The van der Waals surface area contributed by atoms with Gasteiger partial charge in [0, 0.05) is 5.69 Å². The third-order valence-corrected chi connectivity index (χ3v) is 8.64. The summed E-state index contributed by atoms with van der Waals surface area (Å²) in [6.07, 6.45) is 1.26. The van der Waals surface area contributed by atoms with Crippen LogP contribution in [0.3, 0.4) is 0 Å². The molecule has 1 unspecified atom stereocenters. The van der Waals surface area contributed by atoms with Crippen molar-refractivity contribution in [2.45, 2.75) is 24.0 Å². The third kappa shape index (κ3) is 4.22. The summed E-state index contributed by atoms with van der Waals surface area (Å²) in [5.41, 5.74) is 2.06. The van der Waals surface area contributed by atoms with Crippen LogP contribution in [0.25, 0.3) is 10.7 Å². The average molecular weight is 449 g/mol. The van der Waals surface area contributed by atoms with Crippen molar-refractivity contribution < 1.29 is 4.79 Å². The monoisotopic (exact) mass is 448 g/mol. The van der Waals surface area contributed by atoms with Crippen LogP contribution >= 0.6 is 47.1 Å². The summed E-state index contributed by atoms with van der Waals surface area (Å²) < 4.78 is 2.65. The molecule has 1 aliphatic heterocycles. The van der Waals surface area contributed by atoms with Crippen LogP contribution in [0, 0.1) is 4.77 Å². The van der Waals surface area contributed by atoms with Crippen LogP contribution < -0.4 is 5.32 Å². The third-order valence-electron chi connectivity index (χ3n) is 4.47. The van der Waals surface area contributed by atoms with E-state index in [2.05, 4.69) is 27.6 Å². The topological polar surface area (TPSA) is 62.7 Å². The molecule has 2 aromatic heterocycles. The number of carbonyl (C=O) groups is 1. The second kappa shape index (κ2) is 8.86. The molecule has 3 aromatic rings. The van der Waals surface area contributed by atoms with Gasteiger partial charge in [-0.2, -0.15) is 5.10 Å². The van der Waals surface area contributed by atoms with Crippen molar-refractivity contribution in [3.8, 4) is 10.7 Å². The maximum absolute atomic E-state index is 12.9. The molecule has 3 heterocycles. The van der Waals surface area contributed by atoms with Crippen LogP contribution in [-0.2, 0) is 4.79 Å². The van der Waals surface area contributed by atoms with E-state index in [0.717, 1.165) is 10.6 Å². The number of thiophene rings is 1. The smallest absolute Gasteiger partial charge is 0.247 e. The van der Waals surface area contributed by atoms with Gasteiger partial charge in [-0.1, -0.05) is 18.2 Å². The molecule has 1 saturated heterocycles. The average Bonchev–Trinajstić information content (AvgIpc) is 3.38. The minimum atomic E-state index is -0.481. The van der Waals surface area contributed by atoms with Gasteiger partial charge in [-0.05, 0) is 66.2 Å². The molecule has 0 bridgehead atoms. The number of hydrogen-bond acceptors (Lipinski definition) is 6. The van der Waals surface area contributed by atoms with Crippen molar-refractivity contribution in [2.24, 2.45) is 0 Å². The Morgan fingerprint density at radius 2 is 2.14 bits per heavy atom. The number of benzene rings is 1. The zero-order valence-corrected chi connectivity index (χ0v) is 18.5. The van der Waals surface area contributed by atoms with Gasteiger partial charge in [-0.3, -0.25) is 14.5 Å². The van der Waals surface area contributed by atoms with Gasteiger partial charge in [0.05, 0.1) is 9.46 Å². The molecule has 0 radical (unpaired) electrons. The molecule has 1 atom stereocenters. The van der Waals surface area contributed by atoms with E-state index in [1.807, 2.05) is 60.1 Å². The summed E-state index contributed by atoms with van der Waals surface area (Å²) in [5, 5.41) is 12.2. The minimum Gasteiger partial charge on any atom is -0.324 e. The quantitative estimate of drug-likeness (QED) is 0.488. The lowest BCUT2D eigenvalue weighted by Gasteiger charge is -2.22. The van der Waals surface area contributed by atoms with Crippen LogP contribution in [0.15, 0.2) is 41.8 Å². The van der Waals surface area contributed by atoms with E-state index in [9.17, 15) is 4.79 Å². The molecule has 0 saturated carbocycles. The fourth-order valence-corrected chi connectivity index (χ4v) is 6.92. The number of H-pyrrole nitrogens is 1. The second-order valence-electron chi connectivity index (χ2n) is 6.42. The molecule has 1 amide bonds. The SMILES string of the molecule is CC(C(=O)Nc1cccc(C2SCCCS2)c1)n1c(-c2cccs2)n[nH]c1=S. The summed E-state index contributed by atoms with van der Waals surface area (Å²) in [4.78, 5) is 13.9. The van der Waals surface area contributed by atoms with E-state index in [1.165, 1.54) is 23.5 Å². The first-order chi connectivity index (χ1) is 13.6. The number of aromatic amines is 1. The molecule has 1 aliphatic rings. The highest BCUT2D eigenvalue weighted by Crippen LogP contribution is 2.44. The lowest BCUT2D eigenvalue weighted by atomic mass is 10.2. The number of anilines is 1. The molecule has 2 N–H and O–H groups in total. The minimum absolute atomic E-state index is 0.114. The van der Waals surface area contributed by atoms with E-state index in [0.29, 0.717) is 15.2 Å². The summed E-state index contributed by atoms with van der Waals surface area (Å²) in [7, 11) is 0. The van der Waals surface area contributed by atoms with Gasteiger partial charge in [0.2, 0.25) is 5.91 Å². The van der Waals surface area contributed by atoms with Crippen molar-refractivity contribution >= 4 is 58.7 Å². The predicted octanol–water partition coefficient (Wildman–Crippen LogP) is 5.74. The number of hydrogen-bond donors (Lipinski definition) is 2. The molecular formula is C19H20N4OS4. The Labute approximate surface area is 181 Å². The van der Waals surface area contributed by atoms with Crippen molar-refractivity contribution in [1.29, 1.82) is 0 Å². The predicted molar refractivity (Wildman–Crippen MR) is 123 cm³/mol. The highest BCUT2D eigenvalue weighted by molar-refractivity contribution is 8.16. The van der Waals surface area contributed by atoms with Gasteiger partial charge in [0.1, 0.15) is 6.04 Å². The largest absolute Gasteiger partial charge is 0.324 e. The van der Waals surface area contributed by atoms with Gasteiger partial charge in [-0.25, -0.2) is 0 Å². The maximum Gasteiger partial charge on any atom is 0.247 e. The summed E-state index contributed by atoms with van der Waals surface area (Å²) in [5.74, 6) is 2.95. The number of thioether (sulfide) groups is 2. The summed E-state index contributed by atoms with van der Waals surface area (Å²) in [6.45, 7) is 1.84. The molecule has 1 fully saturated rings. The Bertz CT molecular complexity index is 1010. The van der Waals surface area contributed by atoms with E-state index in [4.69, 9.17) is 12.2 Å². The fraction of sp³-hybridized carbons (Fsp3) is 0.316. The number of nitrogens with one attached hydrogen (secondary N) is 2. The second-order valence-corrected chi connectivity index (χ2v) is 10.5. The molecule has 0 spiro atoms. The van der Waals surface area contributed by atoms with Gasteiger partial charge in [0.25, 0.3) is 0 Å². The first-order valence-electron chi connectivity index (χ1n) is 8.98. The van der Waals surface area contributed by atoms with Crippen molar-refractivity contribution in [1.82, 2.24) is 14.8 Å². The van der Waals surface area contributed by atoms with Crippen LogP contribution in [0.1, 0.15) is 29.5 Å². The Morgan fingerprint density at radius 1 is 1.32 bits per heavy atom. The zero-order chi connectivity index (χ0) is 19.5. The molecule has 4 rings (SSSR count). The number of nitrogens with zero attached hydrogens (tertiary/aromatic N) is 2. The van der Waals surface area contributed by atoms with Gasteiger partial charge in [0.15, 0.2) is 10.6 Å². The first kappa shape index (κ1) is 19.8. The molecule has 28 heavy (non-hydrogen) atoms. The van der Waals surface area contributed by atoms with Crippen LogP contribution in [-0.4, -0.2) is 32.2 Å². The highest BCUT2D eigenvalue weighted by atomic mass is 32.2.